The second-order valence-electron chi connectivity index (χ2n) is 8.93. The van der Waals surface area contributed by atoms with Crippen LogP contribution in [0.25, 0.3) is 0 Å². The van der Waals surface area contributed by atoms with Crippen molar-refractivity contribution in [3.63, 3.8) is 0 Å². The van der Waals surface area contributed by atoms with Crippen molar-refractivity contribution in [1.82, 2.24) is 14.9 Å². The maximum atomic E-state index is 5.81. The van der Waals surface area contributed by atoms with Crippen molar-refractivity contribution in [2.45, 2.75) is 38.4 Å². The highest BCUT2D eigenvalue weighted by molar-refractivity contribution is 7.80. The molecule has 1 aliphatic rings. The summed E-state index contributed by atoms with van der Waals surface area (Å²) < 4.78 is 2.26. The second kappa shape index (κ2) is 7.76. The SMILES string of the molecule is CN(C)c1ccc(N2C(=S)NC(c3ccccn3)C2c2ccn(C(C)(C)C)c2)cc1. The highest BCUT2D eigenvalue weighted by Gasteiger charge is 2.41. The van der Waals surface area contributed by atoms with Crippen LogP contribution in [0.5, 0.6) is 0 Å². The molecule has 0 bridgehead atoms. The van der Waals surface area contributed by atoms with Gasteiger partial charge in [-0.15, -0.1) is 0 Å². The molecule has 1 aromatic carbocycles. The first-order chi connectivity index (χ1) is 14.3. The van der Waals surface area contributed by atoms with Gasteiger partial charge in [0.2, 0.25) is 0 Å². The minimum atomic E-state index is -0.0250. The topological polar surface area (TPSA) is 36.3 Å². The van der Waals surface area contributed by atoms with E-state index in [0.717, 1.165) is 22.2 Å². The van der Waals surface area contributed by atoms with Gasteiger partial charge in [0.25, 0.3) is 0 Å². The first-order valence-corrected chi connectivity index (χ1v) is 10.6. The predicted molar refractivity (Wildman–Crippen MR) is 128 cm³/mol. The molecule has 1 aliphatic heterocycles. The van der Waals surface area contributed by atoms with Gasteiger partial charge in [0, 0.05) is 49.6 Å². The minimum Gasteiger partial charge on any atom is -0.378 e. The van der Waals surface area contributed by atoms with Crippen LogP contribution in [0.15, 0.2) is 67.1 Å². The molecule has 3 aromatic rings. The van der Waals surface area contributed by atoms with E-state index in [2.05, 4.69) is 94.2 Å². The Morgan fingerprint density at radius 2 is 1.77 bits per heavy atom. The van der Waals surface area contributed by atoms with E-state index in [9.17, 15) is 0 Å². The van der Waals surface area contributed by atoms with Crippen molar-refractivity contribution in [2.75, 3.05) is 23.9 Å². The van der Waals surface area contributed by atoms with E-state index >= 15 is 0 Å². The van der Waals surface area contributed by atoms with Crippen molar-refractivity contribution in [3.8, 4) is 0 Å². The van der Waals surface area contributed by atoms with Gasteiger partial charge in [-0.3, -0.25) is 4.98 Å². The number of hydrogen-bond donors (Lipinski definition) is 1. The normalized spacial score (nSPS) is 19.1. The third-order valence-electron chi connectivity index (χ3n) is 5.57. The zero-order valence-corrected chi connectivity index (χ0v) is 19.0. The smallest absolute Gasteiger partial charge is 0.174 e. The molecule has 2 atom stereocenters. The van der Waals surface area contributed by atoms with E-state index in [0.29, 0.717) is 0 Å². The van der Waals surface area contributed by atoms with Gasteiger partial charge in [-0.05, 0) is 81.0 Å². The highest BCUT2D eigenvalue weighted by Crippen LogP contribution is 2.42. The summed E-state index contributed by atoms with van der Waals surface area (Å²) in [6.07, 6.45) is 6.23. The molecule has 2 unspecified atom stereocenters. The second-order valence-corrected chi connectivity index (χ2v) is 9.32. The fourth-order valence-electron chi connectivity index (χ4n) is 3.89. The van der Waals surface area contributed by atoms with E-state index in [1.54, 1.807) is 0 Å². The Bertz CT molecular complexity index is 1020. The van der Waals surface area contributed by atoms with Crippen LogP contribution >= 0.6 is 12.2 Å². The zero-order valence-electron chi connectivity index (χ0n) is 18.2. The molecule has 156 valence electrons. The standard InChI is InChI=1S/C24H29N5S/c1-24(2,3)28-15-13-17(16-28)22-21(20-8-6-7-14-25-20)26-23(30)29(22)19-11-9-18(10-12-19)27(4)5/h6-16,21-22H,1-5H3,(H,26,30). The molecule has 1 N–H and O–H groups in total. The molecule has 0 spiro atoms. The predicted octanol–water partition coefficient (Wildman–Crippen LogP) is 4.88. The van der Waals surface area contributed by atoms with E-state index in [1.165, 1.54) is 5.56 Å². The molecule has 0 radical (unpaired) electrons. The highest BCUT2D eigenvalue weighted by atomic mass is 32.1. The van der Waals surface area contributed by atoms with E-state index in [4.69, 9.17) is 12.2 Å². The van der Waals surface area contributed by atoms with Gasteiger partial charge in [-0.1, -0.05) is 6.07 Å². The van der Waals surface area contributed by atoms with Crippen LogP contribution in [0.3, 0.4) is 0 Å². The molecule has 5 nitrogen and oxygen atoms in total. The number of hydrogen-bond acceptors (Lipinski definition) is 3. The summed E-state index contributed by atoms with van der Waals surface area (Å²) in [7, 11) is 4.10. The first-order valence-electron chi connectivity index (χ1n) is 10.2. The van der Waals surface area contributed by atoms with Crippen LogP contribution in [0, 0.1) is 0 Å². The first kappa shape index (κ1) is 20.4. The van der Waals surface area contributed by atoms with Crippen molar-refractivity contribution in [2.24, 2.45) is 0 Å². The Labute approximate surface area is 184 Å². The molecule has 30 heavy (non-hydrogen) atoms. The third-order valence-corrected chi connectivity index (χ3v) is 5.89. The Morgan fingerprint density at radius 3 is 2.33 bits per heavy atom. The largest absolute Gasteiger partial charge is 0.378 e. The number of nitrogens with zero attached hydrogens (tertiary/aromatic N) is 4. The van der Waals surface area contributed by atoms with Gasteiger partial charge in [0.05, 0.1) is 17.8 Å². The Hall–Kier alpha value is -2.86. The number of pyridine rings is 1. The van der Waals surface area contributed by atoms with Crippen molar-refractivity contribution >= 4 is 28.7 Å². The molecule has 2 aromatic heterocycles. The number of nitrogens with one attached hydrogen (secondary N) is 1. The molecule has 3 heterocycles. The maximum absolute atomic E-state index is 5.81. The lowest BCUT2D eigenvalue weighted by Gasteiger charge is -2.28. The van der Waals surface area contributed by atoms with Gasteiger partial charge in [0.15, 0.2) is 5.11 Å². The number of rotatable bonds is 4. The third kappa shape index (κ3) is 3.79. The molecule has 0 saturated carbocycles. The van der Waals surface area contributed by atoms with Crippen molar-refractivity contribution in [1.29, 1.82) is 0 Å². The summed E-state index contributed by atoms with van der Waals surface area (Å²) in [5.74, 6) is 0. The monoisotopic (exact) mass is 419 g/mol. The van der Waals surface area contributed by atoms with Crippen LogP contribution < -0.4 is 15.1 Å². The maximum Gasteiger partial charge on any atom is 0.174 e. The van der Waals surface area contributed by atoms with Crippen molar-refractivity contribution in [3.05, 3.63) is 78.4 Å². The molecule has 1 fully saturated rings. The quantitative estimate of drug-likeness (QED) is 0.610. The van der Waals surface area contributed by atoms with Gasteiger partial charge < -0.3 is 19.7 Å². The van der Waals surface area contributed by atoms with Crippen LogP contribution in [-0.4, -0.2) is 28.8 Å². The molecular weight excluding hydrogens is 390 g/mol. The summed E-state index contributed by atoms with van der Waals surface area (Å²) in [6.45, 7) is 6.63. The summed E-state index contributed by atoms with van der Waals surface area (Å²) in [5.41, 5.74) is 4.45. The fraction of sp³-hybridized carbons (Fsp3) is 0.333. The number of thiocarbonyl (C=S) groups is 1. The molecule has 6 heteroatoms. The molecule has 0 aliphatic carbocycles. The lowest BCUT2D eigenvalue weighted by molar-refractivity contribution is 0.397. The Balaban J connectivity index is 1.79. The molecular formula is C24H29N5S. The average Bonchev–Trinajstić information content (AvgIpc) is 3.33. The fourth-order valence-corrected chi connectivity index (χ4v) is 4.23. The lowest BCUT2D eigenvalue weighted by Crippen LogP contribution is -2.29. The van der Waals surface area contributed by atoms with Crippen LogP contribution in [0.4, 0.5) is 11.4 Å². The zero-order chi connectivity index (χ0) is 21.5. The summed E-state index contributed by atoms with van der Waals surface area (Å²) in [4.78, 5) is 8.95. The van der Waals surface area contributed by atoms with Crippen molar-refractivity contribution < 1.29 is 0 Å². The minimum absolute atomic E-state index is 0.0150. The summed E-state index contributed by atoms with van der Waals surface area (Å²) >= 11 is 5.81. The summed E-state index contributed by atoms with van der Waals surface area (Å²) in [5, 5.41) is 4.25. The van der Waals surface area contributed by atoms with Gasteiger partial charge >= 0.3 is 0 Å². The molecule has 0 amide bonds. The number of anilines is 2. The Kier molecular flexibility index (Phi) is 5.28. The van der Waals surface area contributed by atoms with E-state index in [-0.39, 0.29) is 17.6 Å². The van der Waals surface area contributed by atoms with Gasteiger partial charge in [-0.2, -0.15) is 0 Å². The molecule has 4 rings (SSSR count). The molecule has 1 saturated heterocycles. The van der Waals surface area contributed by atoms with Gasteiger partial charge in [-0.25, -0.2) is 0 Å². The number of aromatic nitrogens is 2. The van der Waals surface area contributed by atoms with Crippen LogP contribution in [0.1, 0.15) is 44.1 Å². The number of benzene rings is 1. The summed E-state index contributed by atoms with van der Waals surface area (Å²) in [6, 6.07) is 16.8. The van der Waals surface area contributed by atoms with Crippen LogP contribution in [0.2, 0.25) is 0 Å². The van der Waals surface area contributed by atoms with E-state index in [1.807, 2.05) is 32.4 Å². The van der Waals surface area contributed by atoms with E-state index < -0.39 is 0 Å². The van der Waals surface area contributed by atoms with Crippen LogP contribution in [-0.2, 0) is 5.54 Å². The van der Waals surface area contributed by atoms with Gasteiger partial charge in [0.1, 0.15) is 0 Å². The average molecular weight is 420 g/mol. The lowest BCUT2D eigenvalue weighted by atomic mass is 9.98. The Morgan fingerprint density at radius 1 is 1.03 bits per heavy atom.